The van der Waals surface area contributed by atoms with Crippen LogP contribution in [0.15, 0.2) is 0 Å². The quantitative estimate of drug-likeness (QED) is 0.582. The van der Waals surface area contributed by atoms with Gasteiger partial charge in [-0.15, -0.1) is 0 Å². The van der Waals surface area contributed by atoms with Gasteiger partial charge in [0.25, 0.3) is 0 Å². The van der Waals surface area contributed by atoms with Crippen molar-refractivity contribution in [3.63, 3.8) is 0 Å². The molecule has 3 N–H and O–H groups in total. The van der Waals surface area contributed by atoms with E-state index in [1.54, 1.807) is 0 Å². The van der Waals surface area contributed by atoms with E-state index in [2.05, 4.69) is 5.32 Å². The summed E-state index contributed by atoms with van der Waals surface area (Å²) >= 11 is 0. The van der Waals surface area contributed by atoms with Crippen LogP contribution in [0.3, 0.4) is 0 Å². The molecule has 0 aromatic rings. The SMILES string of the molecule is O=C1NC(O)CCN1[C@@H]1OC(CO)CC1F. The zero-order valence-corrected chi connectivity index (χ0v) is 8.67. The third-order valence-corrected chi connectivity index (χ3v) is 2.83. The average Bonchev–Trinajstić information content (AvgIpc) is 2.60. The first-order valence-electron chi connectivity index (χ1n) is 5.27. The van der Waals surface area contributed by atoms with Crippen molar-refractivity contribution in [2.24, 2.45) is 0 Å². The first-order valence-corrected chi connectivity index (χ1v) is 5.27. The van der Waals surface area contributed by atoms with Crippen molar-refractivity contribution < 1.29 is 24.1 Å². The van der Waals surface area contributed by atoms with Crippen molar-refractivity contribution in [3.05, 3.63) is 0 Å². The van der Waals surface area contributed by atoms with E-state index in [9.17, 15) is 14.3 Å². The number of nitrogens with zero attached hydrogens (tertiary/aromatic N) is 1. The zero-order chi connectivity index (χ0) is 11.7. The smallest absolute Gasteiger partial charge is 0.321 e. The Hall–Kier alpha value is -0.920. The number of halogens is 1. The maximum absolute atomic E-state index is 13.6. The molecule has 2 aliphatic rings. The van der Waals surface area contributed by atoms with E-state index in [-0.39, 0.29) is 19.6 Å². The van der Waals surface area contributed by atoms with E-state index in [1.807, 2.05) is 0 Å². The molecule has 0 bridgehead atoms. The lowest BCUT2D eigenvalue weighted by atomic mass is 10.2. The molecule has 0 saturated carbocycles. The summed E-state index contributed by atoms with van der Waals surface area (Å²) in [6.45, 7) is -0.00869. The number of hydrogen-bond acceptors (Lipinski definition) is 4. The lowest BCUT2D eigenvalue weighted by molar-refractivity contribution is -0.0773. The molecule has 0 radical (unpaired) electrons. The van der Waals surface area contributed by atoms with E-state index in [0.29, 0.717) is 6.42 Å². The fraction of sp³-hybridized carbons (Fsp3) is 0.889. The van der Waals surface area contributed by atoms with Crippen molar-refractivity contribution in [2.45, 2.75) is 37.6 Å². The maximum atomic E-state index is 13.6. The molecule has 7 heteroatoms. The molecule has 2 saturated heterocycles. The number of amides is 2. The minimum Gasteiger partial charge on any atom is -0.394 e. The van der Waals surface area contributed by atoms with Crippen LogP contribution in [-0.4, -0.2) is 59.0 Å². The number of aliphatic hydroxyl groups excluding tert-OH is 2. The Balaban J connectivity index is 1.99. The molecule has 92 valence electrons. The number of nitrogens with one attached hydrogen (secondary N) is 1. The maximum Gasteiger partial charge on any atom is 0.321 e. The first kappa shape index (κ1) is 11.6. The van der Waals surface area contributed by atoms with E-state index >= 15 is 0 Å². The van der Waals surface area contributed by atoms with Gasteiger partial charge in [0, 0.05) is 19.4 Å². The highest BCUT2D eigenvalue weighted by atomic mass is 19.1. The van der Waals surface area contributed by atoms with Gasteiger partial charge in [-0.25, -0.2) is 9.18 Å². The average molecular weight is 234 g/mol. The second-order valence-corrected chi connectivity index (χ2v) is 4.03. The molecule has 2 amide bonds. The van der Waals surface area contributed by atoms with Crippen LogP contribution in [0, 0.1) is 0 Å². The Labute approximate surface area is 92.0 Å². The summed E-state index contributed by atoms with van der Waals surface area (Å²) in [7, 11) is 0. The Kier molecular flexibility index (Phi) is 3.27. The van der Waals surface area contributed by atoms with Crippen LogP contribution in [0.4, 0.5) is 9.18 Å². The Morgan fingerprint density at radius 1 is 1.62 bits per heavy atom. The Morgan fingerprint density at radius 3 is 2.94 bits per heavy atom. The Bertz CT molecular complexity index is 278. The van der Waals surface area contributed by atoms with Crippen LogP contribution in [-0.2, 0) is 4.74 Å². The van der Waals surface area contributed by atoms with Crippen LogP contribution in [0.1, 0.15) is 12.8 Å². The Morgan fingerprint density at radius 2 is 2.38 bits per heavy atom. The summed E-state index contributed by atoms with van der Waals surface area (Å²) in [5.74, 6) is 0. The number of rotatable bonds is 2. The van der Waals surface area contributed by atoms with Crippen LogP contribution in [0.25, 0.3) is 0 Å². The van der Waals surface area contributed by atoms with Gasteiger partial charge in [0.15, 0.2) is 6.23 Å². The molecule has 3 unspecified atom stereocenters. The topological polar surface area (TPSA) is 82.0 Å². The highest BCUT2D eigenvalue weighted by molar-refractivity contribution is 5.75. The fourth-order valence-electron chi connectivity index (χ4n) is 2.00. The van der Waals surface area contributed by atoms with Gasteiger partial charge in [-0.05, 0) is 0 Å². The predicted molar refractivity (Wildman–Crippen MR) is 51.1 cm³/mol. The molecule has 2 heterocycles. The zero-order valence-electron chi connectivity index (χ0n) is 8.67. The van der Waals surface area contributed by atoms with E-state index in [4.69, 9.17) is 9.84 Å². The van der Waals surface area contributed by atoms with Crippen LogP contribution in [0.5, 0.6) is 0 Å². The summed E-state index contributed by atoms with van der Waals surface area (Å²) in [6, 6.07) is -0.537. The van der Waals surface area contributed by atoms with Crippen molar-refractivity contribution in [1.29, 1.82) is 0 Å². The highest BCUT2D eigenvalue weighted by Gasteiger charge is 2.42. The number of carbonyl (C=O) groups is 1. The van der Waals surface area contributed by atoms with Crippen LogP contribution < -0.4 is 5.32 Å². The summed E-state index contributed by atoms with van der Waals surface area (Å²) in [4.78, 5) is 12.7. The molecule has 2 aliphatic heterocycles. The van der Waals surface area contributed by atoms with Crippen LogP contribution in [0.2, 0.25) is 0 Å². The summed E-state index contributed by atoms with van der Waals surface area (Å²) in [6.07, 6.45) is -3.26. The van der Waals surface area contributed by atoms with Gasteiger partial charge in [-0.2, -0.15) is 0 Å². The summed E-state index contributed by atoms with van der Waals surface area (Å²) < 4.78 is 18.8. The largest absolute Gasteiger partial charge is 0.394 e. The number of alkyl halides is 1. The van der Waals surface area contributed by atoms with E-state index < -0.39 is 30.8 Å². The molecular formula is C9H15FN2O4. The molecule has 6 nitrogen and oxygen atoms in total. The molecule has 16 heavy (non-hydrogen) atoms. The van der Waals surface area contributed by atoms with Crippen molar-refractivity contribution in [1.82, 2.24) is 10.2 Å². The molecule has 0 aromatic carbocycles. The minimum absolute atomic E-state index is 0.0908. The van der Waals surface area contributed by atoms with Gasteiger partial charge in [0.05, 0.1) is 12.7 Å². The molecule has 0 spiro atoms. The third kappa shape index (κ3) is 2.11. The standard InChI is InChI=1S/C9H15FN2O4/c10-6-3-5(4-13)16-8(6)12-2-1-7(14)11-9(12)15/h5-8,13-14H,1-4H2,(H,11,15)/t5?,6?,7?,8-/m1/s1. The molecule has 2 rings (SSSR count). The molecule has 2 fully saturated rings. The van der Waals surface area contributed by atoms with Crippen molar-refractivity contribution >= 4 is 6.03 Å². The molecule has 4 atom stereocenters. The van der Waals surface area contributed by atoms with Gasteiger partial charge in [0.2, 0.25) is 0 Å². The summed E-state index contributed by atoms with van der Waals surface area (Å²) in [5.41, 5.74) is 0. The predicted octanol–water partition coefficient (Wildman–Crippen LogP) is -0.835. The number of ether oxygens (including phenoxy) is 1. The molecule has 0 aromatic heterocycles. The number of carbonyl (C=O) groups excluding carboxylic acids is 1. The number of aliphatic hydroxyl groups is 2. The second kappa shape index (κ2) is 4.52. The first-order chi connectivity index (χ1) is 7.61. The molecular weight excluding hydrogens is 219 g/mol. The highest BCUT2D eigenvalue weighted by Crippen LogP contribution is 2.27. The lowest BCUT2D eigenvalue weighted by Crippen LogP contribution is -2.56. The van der Waals surface area contributed by atoms with Crippen molar-refractivity contribution in [3.8, 4) is 0 Å². The van der Waals surface area contributed by atoms with Gasteiger partial charge in [-0.1, -0.05) is 0 Å². The second-order valence-electron chi connectivity index (χ2n) is 4.03. The van der Waals surface area contributed by atoms with Crippen LogP contribution >= 0.6 is 0 Å². The lowest BCUT2D eigenvalue weighted by Gasteiger charge is -2.35. The molecule has 0 aliphatic carbocycles. The minimum atomic E-state index is -1.29. The monoisotopic (exact) mass is 234 g/mol. The van der Waals surface area contributed by atoms with Gasteiger partial charge in [0.1, 0.15) is 12.4 Å². The fourth-order valence-corrected chi connectivity index (χ4v) is 2.00. The van der Waals surface area contributed by atoms with Gasteiger partial charge in [-0.3, -0.25) is 4.90 Å². The van der Waals surface area contributed by atoms with E-state index in [1.165, 1.54) is 4.90 Å². The number of hydrogen-bond donors (Lipinski definition) is 3. The third-order valence-electron chi connectivity index (χ3n) is 2.83. The summed E-state index contributed by atoms with van der Waals surface area (Å²) in [5, 5.41) is 20.3. The number of urea groups is 1. The van der Waals surface area contributed by atoms with Crippen molar-refractivity contribution in [2.75, 3.05) is 13.2 Å². The van der Waals surface area contributed by atoms with Gasteiger partial charge < -0.3 is 20.3 Å². The van der Waals surface area contributed by atoms with E-state index in [0.717, 1.165) is 0 Å². The normalized spacial score (nSPS) is 39.9. The van der Waals surface area contributed by atoms with Gasteiger partial charge >= 0.3 is 6.03 Å².